The van der Waals surface area contributed by atoms with Gasteiger partial charge in [0.15, 0.2) is 0 Å². The number of rotatable bonds is 1. The maximum atomic E-state index is 5.86. The molecule has 0 saturated heterocycles. The van der Waals surface area contributed by atoms with Gasteiger partial charge in [0.25, 0.3) is 0 Å². The lowest BCUT2D eigenvalue weighted by Gasteiger charge is -2.07. The standard InChI is InChI=1S/C13H13ClN2/c1-8-4-5-11(9(2)6-8)12-7-10(3)15-13(14)16-12/h4-7H,1-3H3. The van der Waals surface area contributed by atoms with E-state index in [4.69, 9.17) is 11.6 Å². The summed E-state index contributed by atoms with van der Waals surface area (Å²) in [5.41, 5.74) is 5.33. The molecule has 16 heavy (non-hydrogen) atoms. The maximum absolute atomic E-state index is 5.86. The first-order chi connectivity index (χ1) is 7.56. The zero-order valence-corrected chi connectivity index (χ0v) is 10.3. The van der Waals surface area contributed by atoms with Crippen molar-refractivity contribution in [1.29, 1.82) is 0 Å². The van der Waals surface area contributed by atoms with E-state index in [0.717, 1.165) is 17.0 Å². The van der Waals surface area contributed by atoms with Crippen LogP contribution in [0.2, 0.25) is 5.28 Å². The van der Waals surface area contributed by atoms with E-state index in [1.807, 2.05) is 13.0 Å². The van der Waals surface area contributed by atoms with Crippen LogP contribution in [0.4, 0.5) is 0 Å². The highest BCUT2D eigenvalue weighted by molar-refractivity contribution is 6.28. The third-order valence-electron chi connectivity index (χ3n) is 2.48. The summed E-state index contributed by atoms with van der Waals surface area (Å²) in [7, 11) is 0. The molecule has 3 heteroatoms. The Morgan fingerprint density at radius 1 is 1.00 bits per heavy atom. The van der Waals surface area contributed by atoms with E-state index < -0.39 is 0 Å². The van der Waals surface area contributed by atoms with E-state index in [1.54, 1.807) is 0 Å². The molecule has 0 aliphatic carbocycles. The third kappa shape index (κ3) is 2.22. The van der Waals surface area contributed by atoms with Crippen molar-refractivity contribution in [3.63, 3.8) is 0 Å². The van der Waals surface area contributed by atoms with E-state index in [2.05, 4.69) is 42.0 Å². The summed E-state index contributed by atoms with van der Waals surface area (Å²) >= 11 is 5.86. The van der Waals surface area contributed by atoms with E-state index in [-0.39, 0.29) is 0 Å². The molecule has 1 heterocycles. The van der Waals surface area contributed by atoms with Gasteiger partial charge >= 0.3 is 0 Å². The Morgan fingerprint density at radius 3 is 2.38 bits per heavy atom. The lowest BCUT2D eigenvalue weighted by molar-refractivity contribution is 1.10. The minimum absolute atomic E-state index is 0.301. The lowest BCUT2D eigenvalue weighted by Crippen LogP contribution is -1.92. The Hall–Kier alpha value is -1.41. The fourth-order valence-electron chi connectivity index (χ4n) is 1.77. The molecule has 0 spiro atoms. The molecule has 0 fully saturated rings. The molecule has 2 rings (SSSR count). The summed E-state index contributed by atoms with van der Waals surface area (Å²) in [6.07, 6.45) is 0. The molecule has 0 N–H and O–H groups in total. The first-order valence-electron chi connectivity index (χ1n) is 5.15. The van der Waals surface area contributed by atoms with Crippen molar-refractivity contribution in [2.24, 2.45) is 0 Å². The Bertz CT molecular complexity index is 515. The average Bonchev–Trinajstić information content (AvgIpc) is 2.15. The normalized spacial score (nSPS) is 10.5. The van der Waals surface area contributed by atoms with Gasteiger partial charge in [0.05, 0.1) is 5.69 Å². The van der Waals surface area contributed by atoms with Crippen molar-refractivity contribution in [1.82, 2.24) is 9.97 Å². The Balaban J connectivity index is 2.58. The Morgan fingerprint density at radius 2 is 1.75 bits per heavy atom. The monoisotopic (exact) mass is 232 g/mol. The summed E-state index contributed by atoms with van der Waals surface area (Å²) in [5.74, 6) is 0. The predicted octanol–water partition coefficient (Wildman–Crippen LogP) is 3.72. The first kappa shape index (κ1) is 11.1. The van der Waals surface area contributed by atoms with E-state index >= 15 is 0 Å². The summed E-state index contributed by atoms with van der Waals surface area (Å²) < 4.78 is 0. The van der Waals surface area contributed by atoms with Gasteiger partial charge in [0.1, 0.15) is 0 Å². The molecule has 2 aromatic rings. The lowest BCUT2D eigenvalue weighted by atomic mass is 10.0. The smallest absolute Gasteiger partial charge is 0.223 e. The van der Waals surface area contributed by atoms with E-state index in [0.29, 0.717) is 5.28 Å². The molecule has 0 atom stereocenters. The minimum Gasteiger partial charge on any atom is -0.223 e. The van der Waals surface area contributed by atoms with Gasteiger partial charge in [-0.05, 0) is 44.0 Å². The van der Waals surface area contributed by atoms with Crippen LogP contribution in [0.5, 0.6) is 0 Å². The fourth-order valence-corrected chi connectivity index (χ4v) is 2.00. The second-order valence-corrected chi connectivity index (χ2v) is 4.32. The van der Waals surface area contributed by atoms with Crippen molar-refractivity contribution in [3.05, 3.63) is 46.4 Å². The molecule has 0 saturated carbocycles. The van der Waals surface area contributed by atoms with Crippen LogP contribution in [0.3, 0.4) is 0 Å². The molecular formula is C13H13ClN2. The van der Waals surface area contributed by atoms with Crippen molar-refractivity contribution in [3.8, 4) is 11.3 Å². The maximum Gasteiger partial charge on any atom is 0.223 e. The largest absolute Gasteiger partial charge is 0.223 e. The zero-order chi connectivity index (χ0) is 11.7. The van der Waals surface area contributed by atoms with E-state index in [9.17, 15) is 0 Å². The highest BCUT2D eigenvalue weighted by atomic mass is 35.5. The second-order valence-electron chi connectivity index (χ2n) is 3.98. The Kier molecular flexibility index (Phi) is 2.92. The SMILES string of the molecule is Cc1ccc(-c2cc(C)nc(Cl)n2)c(C)c1. The highest BCUT2D eigenvalue weighted by Gasteiger charge is 2.06. The minimum atomic E-state index is 0.301. The van der Waals surface area contributed by atoms with E-state index in [1.165, 1.54) is 11.1 Å². The van der Waals surface area contributed by atoms with Crippen LogP contribution >= 0.6 is 11.6 Å². The average molecular weight is 233 g/mol. The van der Waals surface area contributed by atoms with Gasteiger partial charge in [-0.25, -0.2) is 9.97 Å². The zero-order valence-electron chi connectivity index (χ0n) is 9.58. The fraction of sp³-hybridized carbons (Fsp3) is 0.231. The molecule has 0 bridgehead atoms. The van der Waals surface area contributed by atoms with Crippen LogP contribution < -0.4 is 0 Å². The van der Waals surface area contributed by atoms with Crippen molar-refractivity contribution in [2.75, 3.05) is 0 Å². The van der Waals surface area contributed by atoms with Crippen LogP contribution in [0.1, 0.15) is 16.8 Å². The van der Waals surface area contributed by atoms with Crippen LogP contribution in [-0.4, -0.2) is 9.97 Å². The number of aryl methyl sites for hydroxylation is 3. The number of nitrogens with zero attached hydrogens (tertiary/aromatic N) is 2. The molecule has 0 radical (unpaired) electrons. The quantitative estimate of drug-likeness (QED) is 0.701. The van der Waals surface area contributed by atoms with Crippen LogP contribution in [-0.2, 0) is 0 Å². The number of hydrogen-bond acceptors (Lipinski definition) is 2. The topological polar surface area (TPSA) is 25.8 Å². The summed E-state index contributed by atoms with van der Waals surface area (Å²) in [4.78, 5) is 8.31. The molecule has 0 unspecified atom stereocenters. The van der Waals surface area contributed by atoms with Gasteiger partial charge < -0.3 is 0 Å². The molecule has 1 aromatic heterocycles. The number of hydrogen-bond donors (Lipinski definition) is 0. The van der Waals surface area contributed by atoms with Crippen molar-refractivity contribution >= 4 is 11.6 Å². The number of benzene rings is 1. The van der Waals surface area contributed by atoms with Gasteiger partial charge in [0.2, 0.25) is 5.28 Å². The first-order valence-corrected chi connectivity index (χ1v) is 5.53. The molecule has 0 amide bonds. The predicted molar refractivity (Wildman–Crippen MR) is 66.7 cm³/mol. The number of halogens is 1. The van der Waals surface area contributed by atoms with Crippen molar-refractivity contribution in [2.45, 2.75) is 20.8 Å². The molecule has 0 aliphatic heterocycles. The van der Waals surface area contributed by atoms with Gasteiger partial charge in [-0.15, -0.1) is 0 Å². The van der Waals surface area contributed by atoms with Crippen LogP contribution in [0.25, 0.3) is 11.3 Å². The molecule has 0 aliphatic rings. The molecule has 1 aromatic carbocycles. The summed E-state index contributed by atoms with van der Waals surface area (Å²) in [6.45, 7) is 6.07. The number of aromatic nitrogens is 2. The van der Waals surface area contributed by atoms with Gasteiger partial charge in [-0.3, -0.25) is 0 Å². The highest BCUT2D eigenvalue weighted by Crippen LogP contribution is 2.23. The van der Waals surface area contributed by atoms with Crippen molar-refractivity contribution < 1.29 is 0 Å². The van der Waals surface area contributed by atoms with Gasteiger partial charge in [-0.1, -0.05) is 23.8 Å². The van der Waals surface area contributed by atoms with Gasteiger partial charge in [-0.2, -0.15) is 0 Å². The molecule has 82 valence electrons. The molecule has 2 nitrogen and oxygen atoms in total. The Labute approximate surface area is 100 Å². The summed E-state index contributed by atoms with van der Waals surface area (Å²) in [5, 5.41) is 0.301. The summed E-state index contributed by atoms with van der Waals surface area (Å²) in [6, 6.07) is 8.24. The third-order valence-corrected chi connectivity index (χ3v) is 2.65. The van der Waals surface area contributed by atoms with Gasteiger partial charge in [0, 0.05) is 11.3 Å². The second kappa shape index (κ2) is 4.22. The van der Waals surface area contributed by atoms with Crippen LogP contribution in [0.15, 0.2) is 24.3 Å². The molecular weight excluding hydrogens is 220 g/mol. The van der Waals surface area contributed by atoms with Crippen LogP contribution in [0, 0.1) is 20.8 Å².